The Morgan fingerprint density at radius 1 is 0.900 bits per heavy atom. The summed E-state index contributed by atoms with van der Waals surface area (Å²) in [6.45, 7) is 1.78. The number of sulfonamides is 1. The molecule has 0 aliphatic heterocycles. The molecule has 0 spiro atoms. The van der Waals surface area contributed by atoms with Gasteiger partial charge in [-0.3, -0.25) is 4.72 Å². The van der Waals surface area contributed by atoms with Gasteiger partial charge < -0.3 is 9.47 Å². The first-order valence-corrected chi connectivity index (χ1v) is 11.8. The summed E-state index contributed by atoms with van der Waals surface area (Å²) >= 11 is 0. The Morgan fingerprint density at radius 3 is 2.50 bits per heavy atom. The van der Waals surface area contributed by atoms with Gasteiger partial charge in [0, 0.05) is 24.7 Å². The number of hydrogen-bond donors (Lipinski definition) is 1. The summed E-state index contributed by atoms with van der Waals surface area (Å²) in [4.78, 5) is 2.13. The number of benzene rings is 3. The van der Waals surface area contributed by atoms with E-state index in [-0.39, 0.29) is 5.75 Å². The minimum absolute atomic E-state index is 0.0404. The molecule has 1 heterocycles. The fourth-order valence-electron chi connectivity index (χ4n) is 3.79. The highest BCUT2D eigenvalue weighted by molar-refractivity contribution is 7.92. The number of aryl methyl sites for hydroxylation is 1. The van der Waals surface area contributed by atoms with Crippen LogP contribution in [0.5, 0.6) is 0 Å². The van der Waals surface area contributed by atoms with Crippen LogP contribution in [0.25, 0.3) is 21.7 Å². The third kappa shape index (κ3) is 4.50. The molecule has 1 N–H and O–H groups in total. The Balaban J connectivity index is 1.52. The van der Waals surface area contributed by atoms with Crippen LogP contribution < -0.4 is 4.72 Å². The number of hydrogen-bond acceptors (Lipinski definition) is 3. The Morgan fingerprint density at radius 2 is 1.67 bits per heavy atom. The fraction of sp³-hybridized carbons (Fsp3) is 0.250. The minimum atomic E-state index is -3.48. The molecular formula is C24H27N3O2S. The van der Waals surface area contributed by atoms with Crippen molar-refractivity contribution >= 4 is 37.4 Å². The van der Waals surface area contributed by atoms with Crippen molar-refractivity contribution in [2.24, 2.45) is 0 Å². The van der Waals surface area contributed by atoms with Crippen molar-refractivity contribution in [1.29, 1.82) is 0 Å². The highest BCUT2D eigenvalue weighted by Crippen LogP contribution is 2.26. The number of anilines is 1. The van der Waals surface area contributed by atoms with Crippen LogP contribution in [0.1, 0.15) is 5.56 Å². The molecule has 5 nitrogen and oxygen atoms in total. The van der Waals surface area contributed by atoms with Gasteiger partial charge in [-0.05, 0) is 55.1 Å². The number of rotatable bonds is 8. The van der Waals surface area contributed by atoms with Gasteiger partial charge in [0.15, 0.2) is 0 Å². The molecule has 4 aromatic rings. The fourth-order valence-corrected chi connectivity index (χ4v) is 4.89. The maximum absolute atomic E-state index is 12.9. The number of nitrogens with one attached hydrogen (secondary N) is 1. The maximum atomic E-state index is 12.9. The number of nitrogens with zero attached hydrogens (tertiary/aromatic N) is 2. The molecule has 6 heteroatoms. The van der Waals surface area contributed by atoms with E-state index in [1.165, 1.54) is 0 Å². The summed E-state index contributed by atoms with van der Waals surface area (Å²) in [5, 5.41) is 3.16. The first kappa shape index (κ1) is 20.4. The number of likely N-dealkylation sites (N-methyl/N-ethyl adjacent to an activating group) is 1. The van der Waals surface area contributed by atoms with Gasteiger partial charge in [-0.15, -0.1) is 0 Å². The lowest BCUT2D eigenvalue weighted by Gasteiger charge is -2.13. The average molecular weight is 422 g/mol. The van der Waals surface area contributed by atoms with Crippen LogP contribution >= 0.6 is 0 Å². The zero-order valence-corrected chi connectivity index (χ0v) is 18.2. The lowest BCUT2D eigenvalue weighted by atomic mass is 10.0. The van der Waals surface area contributed by atoms with Crippen LogP contribution in [0, 0.1) is 0 Å². The minimum Gasteiger partial charge on any atom is -0.346 e. The van der Waals surface area contributed by atoms with Gasteiger partial charge in [0.1, 0.15) is 0 Å². The Hall–Kier alpha value is -2.83. The molecule has 0 radical (unpaired) electrons. The van der Waals surface area contributed by atoms with Gasteiger partial charge >= 0.3 is 0 Å². The molecule has 156 valence electrons. The smallest absolute Gasteiger partial charge is 0.233 e. The monoisotopic (exact) mass is 421 g/mol. The van der Waals surface area contributed by atoms with E-state index < -0.39 is 10.0 Å². The second-order valence-corrected chi connectivity index (χ2v) is 9.70. The number of fused-ring (bicyclic) bond motifs is 2. The van der Waals surface area contributed by atoms with E-state index in [4.69, 9.17) is 0 Å². The topological polar surface area (TPSA) is 54.3 Å². The quantitative estimate of drug-likeness (QED) is 0.460. The SMILES string of the molecule is CN(C)CCn1ccc2c(NS(=O)(=O)CCc3cccc4ccccc34)cccc21. The Kier molecular flexibility index (Phi) is 5.79. The van der Waals surface area contributed by atoms with E-state index >= 15 is 0 Å². The third-order valence-electron chi connectivity index (χ3n) is 5.39. The van der Waals surface area contributed by atoms with Crippen LogP contribution in [-0.4, -0.2) is 44.3 Å². The molecule has 3 aromatic carbocycles. The molecule has 4 rings (SSSR count). The van der Waals surface area contributed by atoms with Crippen molar-refractivity contribution in [2.75, 3.05) is 31.1 Å². The van der Waals surface area contributed by atoms with E-state index in [2.05, 4.69) is 14.2 Å². The Labute approximate surface area is 178 Å². The van der Waals surface area contributed by atoms with Crippen LogP contribution in [0.3, 0.4) is 0 Å². The predicted octanol–water partition coefficient (Wildman–Crippen LogP) is 4.34. The van der Waals surface area contributed by atoms with Crippen LogP contribution in [0.4, 0.5) is 5.69 Å². The molecule has 0 amide bonds. The van der Waals surface area contributed by atoms with Crippen molar-refractivity contribution in [3.8, 4) is 0 Å². The lowest BCUT2D eigenvalue weighted by molar-refractivity contribution is 0.387. The third-order valence-corrected chi connectivity index (χ3v) is 6.66. The van der Waals surface area contributed by atoms with Gasteiger partial charge in [0.2, 0.25) is 10.0 Å². The first-order chi connectivity index (χ1) is 14.4. The summed E-state index contributed by atoms with van der Waals surface area (Å²) in [5.41, 5.74) is 2.71. The molecule has 0 saturated heterocycles. The molecule has 0 unspecified atom stereocenters. The van der Waals surface area contributed by atoms with Crippen molar-refractivity contribution in [1.82, 2.24) is 9.47 Å². The summed E-state index contributed by atoms with van der Waals surface area (Å²) in [7, 11) is 0.609. The standard InChI is InChI=1S/C24H27N3O2S/c1-26(2)16-17-27-15-13-22-23(11-6-12-24(22)27)25-30(28,29)18-14-20-9-5-8-19-7-3-4-10-21(19)20/h3-13,15,25H,14,16-18H2,1-2H3. The molecule has 0 bridgehead atoms. The van der Waals surface area contributed by atoms with E-state index in [1.54, 1.807) is 0 Å². The Bertz CT molecular complexity index is 1270. The molecule has 0 atom stereocenters. The number of aromatic nitrogens is 1. The van der Waals surface area contributed by atoms with Crippen molar-refractivity contribution in [3.63, 3.8) is 0 Å². The maximum Gasteiger partial charge on any atom is 0.233 e. The van der Waals surface area contributed by atoms with Gasteiger partial charge in [0.25, 0.3) is 0 Å². The zero-order valence-electron chi connectivity index (χ0n) is 17.4. The van der Waals surface area contributed by atoms with Crippen LogP contribution in [0.2, 0.25) is 0 Å². The van der Waals surface area contributed by atoms with E-state index in [9.17, 15) is 8.42 Å². The highest BCUT2D eigenvalue weighted by Gasteiger charge is 2.15. The van der Waals surface area contributed by atoms with E-state index in [0.29, 0.717) is 12.1 Å². The second kappa shape index (κ2) is 8.50. The summed E-state index contributed by atoms with van der Waals surface area (Å²) < 4.78 is 30.7. The van der Waals surface area contributed by atoms with Gasteiger partial charge in [-0.1, -0.05) is 48.5 Å². The molecular weight excluding hydrogens is 394 g/mol. The van der Waals surface area contributed by atoms with E-state index in [1.807, 2.05) is 87.0 Å². The second-order valence-electron chi connectivity index (χ2n) is 7.86. The average Bonchev–Trinajstić information content (AvgIpc) is 3.15. The predicted molar refractivity (Wildman–Crippen MR) is 126 cm³/mol. The molecule has 0 aliphatic carbocycles. The van der Waals surface area contributed by atoms with Gasteiger partial charge in [0.05, 0.1) is 17.0 Å². The molecule has 0 fully saturated rings. The largest absolute Gasteiger partial charge is 0.346 e. The van der Waals surface area contributed by atoms with E-state index in [0.717, 1.165) is 40.3 Å². The first-order valence-electron chi connectivity index (χ1n) is 10.1. The summed E-state index contributed by atoms with van der Waals surface area (Å²) in [5.74, 6) is 0.0404. The molecule has 1 aromatic heterocycles. The van der Waals surface area contributed by atoms with Gasteiger partial charge in [-0.2, -0.15) is 0 Å². The molecule has 0 aliphatic rings. The van der Waals surface area contributed by atoms with Crippen LogP contribution in [-0.2, 0) is 23.0 Å². The van der Waals surface area contributed by atoms with Crippen molar-refractivity contribution in [3.05, 3.63) is 78.5 Å². The zero-order chi connectivity index (χ0) is 21.1. The van der Waals surface area contributed by atoms with Crippen molar-refractivity contribution in [2.45, 2.75) is 13.0 Å². The normalized spacial score (nSPS) is 12.1. The van der Waals surface area contributed by atoms with Crippen LogP contribution in [0.15, 0.2) is 72.9 Å². The molecule has 30 heavy (non-hydrogen) atoms. The summed E-state index contributed by atoms with van der Waals surface area (Å²) in [6.07, 6.45) is 2.48. The summed E-state index contributed by atoms with van der Waals surface area (Å²) in [6, 6.07) is 21.8. The van der Waals surface area contributed by atoms with Gasteiger partial charge in [-0.25, -0.2) is 8.42 Å². The lowest BCUT2D eigenvalue weighted by Crippen LogP contribution is -2.19. The van der Waals surface area contributed by atoms with Crippen molar-refractivity contribution < 1.29 is 8.42 Å². The molecule has 0 saturated carbocycles. The highest BCUT2D eigenvalue weighted by atomic mass is 32.2.